The number of ether oxygens (including phenoxy) is 1. The number of pyridine rings is 1. The van der Waals surface area contributed by atoms with Gasteiger partial charge in [-0.3, -0.25) is 9.59 Å². The fourth-order valence-corrected chi connectivity index (χ4v) is 3.68. The van der Waals surface area contributed by atoms with Gasteiger partial charge >= 0.3 is 0 Å². The number of carbonyl (C=O) groups is 2. The number of rotatable bonds is 4. The van der Waals surface area contributed by atoms with Crippen LogP contribution in [0.3, 0.4) is 0 Å². The van der Waals surface area contributed by atoms with Crippen molar-refractivity contribution in [2.24, 2.45) is 0 Å². The molecule has 2 aromatic carbocycles. The second-order valence-corrected chi connectivity index (χ2v) is 7.03. The fraction of sp³-hybridized carbons (Fsp3) is 0.174. The summed E-state index contributed by atoms with van der Waals surface area (Å²) in [6.07, 6.45) is 1.49. The molecule has 2 heterocycles. The Hall–Kier alpha value is -3.67. The fourth-order valence-electron chi connectivity index (χ4n) is 3.68. The van der Waals surface area contributed by atoms with Crippen LogP contribution >= 0.6 is 0 Å². The lowest BCUT2D eigenvalue weighted by atomic mass is 9.93. The lowest BCUT2D eigenvalue weighted by Crippen LogP contribution is -2.21. The number of hydrogen-bond donors (Lipinski definition) is 2. The summed E-state index contributed by atoms with van der Waals surface area (Å²) >= 11 is 0. The maximum atomic E-state index is 12.9. The molecule has 0 aliphatic carbocycles. The number of carbonyl (C=O) groups excluding carboxylic acids is 2. The van der Waals surface area contributed by atoms with Crippen LogP contribution in [0.4, 0.5) is 5.69 Å². The number of methoxy groups -OCH3 is 1. The minimum atomic E-state index is -0.315. The third-order valence-electron chi connectivity index (χ3n) is 5.20. The summed E-state index contributed by atoms with van der Waals surface area (Å²) in [7, 11) is 1.53. The quantitative estimate of drug-likeness (QED) is 0.714. The van der Waals surface area contributed by atoms with Crippen LogP contribution in [-0.4, -0.2) is 23.9 Å². The largest absolute Gasteiger partial charge is 0.481 e. The molecule has 1 atom stereocenters. The van der Waals surface area contributed by atoms with Crippen molar-refractivity contribution in [1.29, 1.82) is 0 Å². The van der Waals surface area contributed by atoms with Gasteiger partial charge < -0.3 is 15.4 Å². The van der Waals surface area contributed by atoms with E-state index < -0.39 is 0 Å². The van der Waals surface area contributed by atoms with E-state index >= 15 is 0 Å². The minimum absolute atomic E-state index is 0.147. The number of hydrogen-bond acceptors (Lipinski definition) is 4. The van der Waals surface area contributed by atoms with Gasteiger partial charge in [0, 0.05) is 29.1 Å². The van der Waals surface area contributed by atoms with E-state index in [0.29, 0.717) is 22.7 Å². The predicted molar refractivity (Wildman–Crippen MR) is 110 cm³/mol. The first-order valence-electron chi connectivity index (χ1n) is 9.31. The molecule has 4 rings (SSSR count). The first-order valence-corrected chi connectivity index (χ1v) is 9.31. The van der Waals surface area contributed by atoms with E-state index in [2.05, 4.69) is 15.6 Å². The monoisotopic (exact) mass is 387 g/mol. The first-order chi connectivity index (χ1) is 14.0. The van der Waals surface area contributed by atoms with E-state index in [9.17, 15) is 9.59 Å². The average Bonchev–Trinajstić information content (AvgIpc) is 3.05. The van der Waals surface area contributed by atoms with Crippen LogP contribution in [-0.2, 0) is 0 Å². The average molecular weight is 387 g/mol. The standard InChI is InChI=1S/C23H21N3O3/c1-13-7-4-5-8-15(13)21-20-16(22(27)26-21)9-6-10-18(20)25-23(28)17-12-24-19(29-3)11-14(17)2/h4-12,21H,1-3H3,(H,25,28)(H,26,27). The smallest absolute Gasteiger partial charge is 0.257 e. The summed E-state index contributed by atoms with van der Waals surface area (Å²) in [6.45, 7) is 3.84. The van der Waals surface area contributed by atoms with Gasteiger partial charge in [-0.2, -0.15) is 0 Å². The highest BCUT2D eigenvalue weighted by Crippen LogP contribution is 2.37. The second kappa shape index (κ2) is 7.39. The highest BCUT2D eigenvalue weighted by atomic mass is 16.5. The Morgan fingerprint density at radius 3 is 2.62 bits per heavy atom. The molecule has 0 fully saturated rings. The molecule has 0 radical (unpaired) electrons. The normalized spacial score (nSPS) is 14.9. The van der Waals surface area contributed by atoms with Gasteiger partial charge in [0.05, 0.1) is 18.7 Å². The van der Waals surface area contributed by atoms with Crippen LogP contribution in [0.15, 0.2) is 54.7 Å². The van der Waals surface area contributed by atoms with Crippen molar-refractivity contribution in [3.63, 3.8) is 0 Å². The number of nitrogens with zero attached hydrogens (tertiary/aromatic N) is 1. The zero-order valence-corrected chi connectivity index (χ0v) is 16.4. The van der Waals surface area contributed by atoms with E-state index in [1.807, 2.05) is 44.2 Å². The van der Waals surface area contributed by atoms with Crippen LogP contribution in [0.2, 0.25) is 0 Å². The molecule has 146 valence electrons. The van der Waals surface area contributed by atoms with Crippen LogP contribution in [0.5, 0.6) is 5.88 Å². The maximum Gasteiger partial charge on any atom is 0.257 e. The van der Waals surface area contributed by atoms with E-state index in [0.717, 1.165) is 22.3 Å². The zero-order valence-electron chi connectivity index (χ0n) is 16.4. The van der Waals surface area contributed by atoms with Crippen LogP contribution in [0.25, 0.3) is 0 Å². The molecule has 6 nitrogen and oxygen atoms in total. The van der Waals surface area contributed by atoms with Gasteiger partial charge in [0.15, 0.2) is 0 Å². The van der Waals surface area contributed by atoms with Crippen LogP contribution < -0.4 is 15.4 Å². The minimum Gasteiger partial charge on any atom is -0.481 e. The molecule has 1 unspecified atom stereocenters. The third kappa shape index (κ3) is 3.33. The van der Waals surface area contributed by atoms with E-state index in [4.69, 9.17) is 4.74 Å². The first kappa shape index (κ1) is 18.7. The van der Waals surface area contributed by atoms with Crippen molar-refractivity contribution in [3.05, 3.63) is 88.1 Å². The Morgan fingerprint density at radius 2 is 1.90 bits per heavy atom. The number of aromatic nitrogens is 1. The Balaban J connectivity index is 1.73. The van der Waals surface area contributed by atoms with E-state index in [1.165, 1.54) is 13.3 Å². The molecule has 0 bridgehead atoms. The molecular formula is C23H21N3O3. The Morgan fingerprint density at radius 1 is 1.10 bits per heavy atom. The number of anilines is 1. The molecule has 0 saturated heterocycles. The van der Waals surface area contributed by atoms with Crippen molar-refractivity contribution in [1.82, 2.24) is 10.3 Å². The summed E-state index contributed by atoms with van der Waals surface area (Å²) in [5.41, 5.74) is 5.24. The molecule has 1 aromatic heterocycles. The molecule has 1 aliphatic heterocycles. The van der Waals surface area contributed by atoms with Crippen molar-refractivity contribution in [3.8, 4) is 5.88 Å². The zero-order chi connectivity index (χ0) is 20.5. The van der Waals surface area contributed by atoms with Gasteiger partial charge in [-0.05, 0) is 42.7 Å². The summed E-state index contributed by atoms with van der Waals surface area (Å²) in [6, 6.07) is 14.7. The number of nitrogens with one attached hydrogen (secondary N) is 2. The van der Waals surface area contributed by atoms with Gasteiger partial charge in [-0.1, -0.05) is 30.3 Å². The molecule has 6 heteroatoms. The highest BCUT2D eigenvalue weighted by molar-refractivity contribution is 6.08. The Kier molecular flexibility index (Phi) is 4.76. The Labute approximate surface area is 168 Å². The van der Waals surface area contributed by atoms with Gasteiger partial charge in [0.2, 0.25) is 5.88 Å². The van der Waals surface area contributed by atoms with Crippen molar-refractivity contribution in [2.75, 3.05) is 12.4 Å². The Bertz CT molecular complexity index is 1120. The molecule has 0 spiro atoms. The summed E-state index contributed by atoms with van der Waals surface area (Å²) in [5, 5.41) is 6.00. The van der Waals surface area contributed by atoms with Crippen molar-refractivity contribution >= 4 is 17.5 Å². The topological polar surface area (TPSA) is 80.3 Å². The second-order valence-electron chi connectivity index (χ2n) is 7.03. The predicted octanol–water partition coefficient (Wildman–Crippen LogP) is 3.79. The lowest BCUT2D eigenvalue weighted by Gasteiger charge is -2.18. The van der Waals surface area contributed by atoms with Crippen LogP contribution in [0, 0.1) is 13.8 Å². The van der Waals surface area contributed by atoms with Crippen molar-refractivity contribution < 1.29 is 14.3 Å². The van der Waals surface area contributed by atoms with Gasteiger partial charge in [0.1, 0.15) is 0 Å². The molecule has 0 saturated carbocycles. The van der Waals surface area contributed by atoms with Gasteiger partial charge in [0.25, 0.3) is 11.8 Å². The van der Waals surface area contributed by atoms with Crippen LogP contribution in [0.1, 0.15) is 49.0 Å². The summed E-state index contributed by atoms with van der Waals surface area (Å²) < 4.78 is 5.11. The number of benzene rings is 2. The van der Waals surface area contributed by atoms with E-state index in [-0.39, 0.29) is 17.9 Å². The molecule has 2 N–H and O–H groups in total. The van der Waals surface area contributed by atoms with E-state index in [1.54, 1.807) is 18.2 Å². The summed E-state index contributed by atoms with van der Waals surface area (Å²) in [4.78, 5) is 29.6. The summed E-state index contributed by atoms with van der Waals surface area (Å²) in [5.74, 6) is 0.0228. The van der Waals surface area contributed by atoms with Crippen molar-refractivity contribution in [2.45, 2.75) is 19.9 Å². The number of aryl methyl sites for hydroxylation is 2. The number of amides is 2. The van der Waals surface area contributed by atoms with Gasteiger partial charge in [-0.15, -0.1) is 0 Å². The maximum absolute atomic E-state index is 12.9. The van der Waals surface area contributed by atoms with Gasteiger partial charge in [-0.25, -0.2) is 4.98 Å². The number of fused-ring (bicyclic) bond motifs is 1. The molecular weight excluding hydrogens is 366 g/mol. The highest BCUT2D eigenvalue weighted by Gasteiger charge is 2.33. The lowest BCUT2D eigenvalue weighted by molar-refractivity contribution is 0.0959. The molecule has 3 aromatic rings. The third-order valence-corrected chi connectivity index (χ3v) is 5.20. The molecule has 29 heavy (non-hydrogen) atoms. The SMILES string of the molecule is COc1cc(C)c(C(=O)Nc2cccc3c2C(c2ccccc2C)NC3=O)cn1. The molecule has 2 amide bonds. The molecule has 1 aliphatic rings.